The number of hydrogen-bond donors (Lipinski definition) is 0. The maximum atomic E-state index is 4.83. The van der Waals surface area contributed by atoms with E-state index in [1.165, 1.54) is 11.1 Å². The van der Waals surface area contributed by atoms with Crippen molar-refractivity contribution < 1.29 is 0 Å². The molecule has 21 heavy (non-hydrogen) atoms. The first-order valence-corrected chi connectivity index (χ1v) is 10.5. The summed E-state index contributed by atoms with van der Waals surface area (Å²) < 4.78 is 1.16. The van der Waals surface area contributed by atoms with E-state index in [1.807, 2.05) is 28.4 Å². The molecule has 0 aliphatic carbocycles. The third kappa shape index (κ3) is 2.64. The molecule has 4 rings (SSSR count). The van der Waals surface area contributed by atoms with Crippen LogP contribution in [0.15, 0.2) is 64.6 Å². The van der Waals surface area contributed by atoms with Crippen LogP contribution in [0.1, 0.15) is 11.1 Å². The molecule has 5 heteroatoms. The number of rotatable bonds is 1. The van der Waals surface area contributed by atoms with E-state index in [4.69, 9.17) is 9.98 Å². The Balaban J connectivity index is 1.70. The fraction of sp³-hybridized carbons (Fsp3) is 0.125. The van der Waals surface area contributed by atoms with Gasteiger partial charge in [0.15, 0.2) is 0 Å². The fourth-order valence-corrected chi connectivity index (χ4v) is 6.31. The van der Waals surface area contributed by atoms with Gasteiger partial charge in [0, 0.05) is 0 Å². The summed E-state index contributed by atoms with van der Waals surface area (Å²) in [5.74, 6) is 0. The number of nitrogens with zero attached hydrogens (tertiary/aromatic N) is 3. The van der Waals surface area contributed by atoms with Crippen LogP contribution in [0.3, 0.4) is 0 Å². The quantitative estimate of drug-likeness (QED) is 0.731. The number of para-hydroxylation sites is 1. The summed E-state index contributed by atoms with van der Waals surface area (Å²) in [6, 6.07) is 18.7. The maximum absolute atomic E-state index is 4.83. The predicted molar refractivity (Wildman–Crippen MR) is 90.0 cm³/mol. The zero-order chi connectivity index (χ0) is 14.1. The van der Waals surface area contributed by atoms with E-state index in [0.717, 1.165) is 28.7 Å². The Morgan fingerprint density at radius 3 is 2.62 bits per heavy atom. The molecule has 0 spiro atoms. The van der Waals surface area contributed by atoms with E-state index in [0.29, 0.717) is 13.8 Å². The molecule has 0 N–H and O–H groups in total. The predicted octanol–water partition coefficient (Wildman–Crippen LogP) is 3.41. The molecule has 1 saturated heterocycles. The SMILES string of the molecule is c1ccc(N=C2[Se]SC3=NCc4ccccc4CN32)cc1. The minimum atomic E-state index is 0.307. The number of fused-ring (bicyclic) bond motifs is 2. The molecular formula is C16H13N3SSe. The number of aliphatic imine (C=N–C) groups is 2. The van der Waals surface area contributed by atoms with Crippen LogP contribution in [0.25, 0.3) is 0 Å². The van der Waals surface area contributed by atoms with E-state index in [1.54, 1.807) is 0 Å². The third-order valence-corrected chi connectivity index (χ3v) is 7.25. The van der Waals surface area contributed by atoms with Crippen molar-refractivity contribution in [3.63, 3.8) is 0 Å². The summed E-state index contributed by atoms with van der Waals surface area (Å²) >= 11 is 0.307. The van der Waals surface area contributed by atoms with Gasteiger partial charge in [-0.05, 0) is 0 Å². The Hall–Kier alpha value is -1.55. The molecule has 2 aliphatic heterocycles. The second kappa shape index (κ2) is 5.68. The van der Waals surface area contributed by atoms with Gasteiger partial charge in [0.05, 0.1) is 0 Å². The van der Waals surface area contributed by atoms with Crippen LogP contribution < -0.4 is 0 Å². The van der Waals surface area contributed by atoms with Gasteiger partial charge in [-0.15, -0.1) is 0 Å². The monoisotopic (exact) mass is 359 g/mol. The molecule has 0 atom stereocenters. The zero-order valence-corrected chi connectivity index (χ0v) is 13.8. The van der Waals surface area contributed by atoms with E-state index in [2.05, 4.69) is 41.3 Å². The normalized spacial score (nSPS) is 19.0. The summed E-state index contributed by atoms with van der Waals surface area (Å²) in [6.45, 7) is 1.67. The molecule has 0 radical (unpaired) electrons. The van der Waals surface area contributed by atoms with E-state index in [9.17, 15) is 0 Å². The zero-order valence-electron chi connectivity index (χ0n) is 11.3. The topological polar surface area (TPSA) is 28.0 Å². The standard InChI is InChI=1S/C16H13N3SSe/c1-2-8-14(9-3-1)18-16-19-11-13-7-5-4-6-12(13)10-17-15(19)20-21-16/h1-9H,10-11H2. The number of benzene rings is 2. The molecular weight excluding hydrogens is 345 g/mol. The molecule has 0 unspecified atom stereocenters. The van der Waals surface area contributed by atoms with Crippen molar-refractivity contribution in [2.75, 3.05) is 0 Å². The summed E-state index contributed by atoms with van der Waals surface area (Å²) in [7, 11) is 1.85. The molecule has 3 nitrogen and oxygen atoms in total. The van der Waals surface area contributed by atoms with Crippen LogP contribution in [0.5, 0.6) is 0 Å². The molecule has 2 aromatic rings. The van der Waals surface area contributed by atoms with Gasteiger partial charge >= 0.3 is 133 Å². The summed E-state index contributed by atoms with van der Waals surface area (Å²) in [4.78, 5) is 11.9. The van der Waals surface area contributed by atoms with Gasteiger partial charge in [-0.2, -0.15) is 0 Å². The second-order valence-electron chi connectivity index (χ2n) is 4.85. The average Bonchev–Trinajstić information content (AvgIpc) is 2.80. The van der Waals surface area contributed by atoms with Gasteiger partial charge in [-0.25, -0.2) is 0 Å². The van der Waals surface area contributed by atoms with Gasteiger partial charge < -0.3 is 0 Å². The van der Waals surface area contributed by atoms with Gasteiger partial charge in [0.25, 0.3) is 0 Å². The first-order chi connectivity index (χ1) is 10.4. The fourth-order valence-electron chi connectivity index (χ4n) is 2.37. The molecule has 0 saturated carbocycles. The van der Waals surface area contributed by atoms with Crippen molar-refractivity contribution in [3.05, 3.63) is 65.7 Å². The van der Waals surface area contributed by atoms with Gasteiger partial charge in [-0.3, -0.25) is 0 Å². The molecule has 1 fully saturated rings. The van der Waals surface area contributed by atoms with E-state index < -0.39 is 0 Å². The Kier molecular flexibility index (Phi) is 3.55. The third-order valence-electron chi connectivity index (χ3n) is 3.46. The Bertz CT molecular complexity index is 727. The molecule has 0 bridgehead atoms. The van der Waals surface area contributed by atoms with Crippen molar-refractivity contribution in [1.82, 2.24) is 4.90 Å². The molecule has 0 amide bonds. The van der Waals surface area contributed by atoms with Crippen molar-refractivity contribution in [2.45, 2.75) is 13.1 Å². The first kappa shape index (κ1) is 13.1. The van der Waals surface area contributed by atoms with Gasteiger partial charge in [-0.1, -0.05) is 0 Å². The van der Waals surface area contributed by atoms with Crippen LogP contribution in [0.2, 0.25) is 0 Å². The van der Waals surface area contributed by atoms with Crippen LogP contribution in [0.4, 0.5) is 5.69 Å². The van der Waals surface area contributed by atoms with Crippen LogP contribution in [-0.4, -0.2) is 28.6 Å². The second-order valence-corrected chi connectivity index (χ2v) is 8.41. The molecule has 2 aromatic carbocycles. The van der Waals surface area contributed by atoms with Gasteiger partial charge in [0.2, 0.25) is 0 Å². The first-order valence-electron chi connectivity index (χ1n) is 6.77. The molecule has 2 aliphatic rings. The van der Waals surface area contributed by atoms with E-state index in [-0.39, 0.29) is 0 Å². The minimum absolute atomic E-state index is 0.307. The van der Waals surface area contributed by atoms with Crippen molar-refractivity contribution in [3.8, 4) is 0 Å². The average molecular weight is 358 g/mol. The number of hydrogen-bond acceptors (Lipinski definition) is 3. The molecule has 2 heterocycles. The van der Waals surface area contributed by atoms with E-state index >= 15 is 0 Å². The Morgan fingerprint density at radius 2 is 1.76 bits per heavy atom. The summed E-state index contributed by atoms with van der Waals surface area (Å²) in [5, 5.41) is 1.13. The van der Waals surface area contributed by atoms with Crippen molar-refractivity contribution in [2.24, 2.45) is 9.98 Å². The Morgan fingerprint density at radius 1 is 1.00 bits per heavy atom. The van der Waals surface area contributed by atoms with Crippen LogP contribution in [0, 0.1) is 0 Å². The van der Waals surface area contributed by atoms with Crippen molar-refractivity contribution in [1.29, 1.82) is 0 Å². The Labute approximate surface area is 133 Å². The molecule has 0 aromatic heterocycles. The van der Waals surface area contributed by atoms with Crippen LogP contribution >= 0.6 is 10.2 Å². The summed E-state index contributed by atoms with van der Waals surface area (Å²) in [6.07, 6.45) is 0. The summed E-state index contributed by atoms with van der Waals surface area (Å²) in [5.41, 5.74) is 3.70. The van der Waals surface area contributed by atoms with Crippen LogP contribution in [-0.2, 0) is 13.1 Å². The number of amidine groups is 2. The molecule has 104 valence electrons. The van der Waals surface area contributed by atoms with Gasteiger partial charge in [0.1, 0.15) is 0 Å². The van der Waals surface area contributed by atoms with Crippen molar-refractivity contribution >= 4 is 39.6 Å².